The van der Waals surface area contributed by atoms with Crippen molar-refractivity contribution in [2.75, 3.05) is 26.8 Å². The number of rotatable bonds is 8. The van der Waals surface area contributed by atoms with Gasteiger partial charge in [0.05, 0.1) is 13.0 Å². The van der Waals surface area contributed by atoms with E-state index in [-0.39, 0.29) is 37.0 Å². The minimum atomic E-state index is -0.180. The van der Waals surface area contributed by atoms with Crippen LogP contribution in [0.25, 0.3) is 0 Å². The van der Waals surface area contributed by atoms with Gasteiger partial charge in [-0.2, -0.15) is 0 Å². The maximum absolute atomic E-state index is 11.6. The summed E-state index contributed by atoms with van der Waals surface area (Å²) in [4.78, 5) is 23.0. The van der Waals surface area contributed by atoms with Crippen LogP contribution in [-0.4, -0.2) is 43.7 Å². The number of phenolic OH excluding ortho intramolecular Hbond substituents is 1. The summed E-state index contributed by atoms with van der Waals surface area (Å²) >= 11 is 0. The van der Waals surface area contributed by atoms with Crippen molar-refractivity contribution in [2.45, 2.75) is 12.8 Å². The van der Waals surface area contributed by atoms with E-state index in [0.717, 1.165) is 5.56 Å². The first kappa shape index (κ1) is 16.0. The number of carbonyl (C=O) groups excluding carboxylic acids is 2. The van der Waals surface area contributed by atoms with Crippen LogP contribution in [0.15, 0.2) is 24.3 Å². The largest absolute Gasteiger partial charge is 0.508 e. The summed E-state index contributed by atoms with van der Waals surface area (Å²) in [7, 11) is 1.56. The molecule has 0 spiro atoms. The van der Waals surface area contributed by atoms with Crippen molar-refractivity contribution >= 4 is 11.8 Å². The van der Waals surface area contributed by atoms with Crippen molar-refractivity contribution in [3.63, 3.8) is 0 Å². The Labute approximate surface area is 118 Å². The van der Waals surface area contributed by atoms with E-state index in [1.807, 2.05) is 0 Å². The predicted octanol–water partition coefficient (Wildman–Crippen LogP) is 0.204. The Hall–Kier alpha value is -2.08. The number of hydrogen-bond donors (Lipinski definition) is 3. The maximum atomic E-state index is 11.6. The zero-order chi connectivity index (χ0) is 14.8. The van der Waals surface area contributed by atoms with Crippen LogP contribution >= 0.6 is 0 Å². The van der Waals surface area contributed by atoms with Gasteiger partial charge < -0.3 is 20.5 Å². The first-order chi connectivity index (χ1) is 9.61. The topological polar surface area (TPSA) is 87.7 Å². The van der Waals surface area contributed by atoms with Crippen LogP contribution in [-0.2, 0) is 20.7 Å². The van der Waals surface area contributed by atoms with Crippen LogP contribution in [0.4, 0.5) is 0 Å². The molecular weight excluding hydrogens is 260 g/mol. The molecule has 0 heterocycles. The number of phenols is 1. The molecule has 20 heavy (non-hydrogen) atoms. The first-order valence-electron chi connectivity index (χ1n) is 6.42. The van der Waals surface area contributed by atoms with Gasteiger partial charge in [0.2, 0.25) is 11.8 Å². The van der Waals surface area contributed by atoms with E-state index in [1.165, 1.54) is 6.07 Å². The van der Waals surface area contributed by atoms with Crippen molar-refractivity contribution < 1.29 is 19.4 Å². The van der Waals surface area contributed by atoms with Crippen molar-refractivity contribution in [3.8, 4) is 5.75 Å². The van der Waals surface area contributed by atoms with Crippen LogP contribution in [0.3, 0.4) is 0 Å². The Bertz CT molecular complexity index is 449. The predicted molar refractivity (Wildman–Crippen MR) is 74.3 cm³/mol. The summed E-state index contributed by atoms with van der Waals surface area (Å²) in [5.41, 5.74) is 0.729. The highest BCUT2D eigenvalue weighted by molar-refractivity contribution is 5.80. The zero-order valence-electron chi connectivity index (χ0n) is 11.5. The Morgan fingerprint density at radius 3 is 2.65 bits per heavy atom. The molecule has 0 saturated carbocycles. The van der Waals surface area contributed by atoms with E-state index in [4.69, 9.17) is 4.74 Å². The molecule has 0 aliphatic carbocycles. The molecule has 2 amide bonds. The van der Waals surface area contributed by atoms with E-state index in [9.17, 15) is 14.7 Å². The van der Waals surface area contributed by atoms with Crippen LogP contribution in [0.2, 0.25) is 0 Å². The van der Waals surface area contributed by atoms with E-state index in [0.29, 0.717) is 13.2 Å². The third-order valence-corrected chi connectivity index (χ3v) is 2.58. The van der Waals surface area contributed by atoms with E-state index in [1.54, 1.807) is 25.3 Å². The van der Waals surface area contributed by atoms with Gasteiger partial charge in [0, 0.05) is 26.6 Å². The summed E-state index contributed by atoms with van der Waals surface area (Å²) in [6.45, 7) is 1.22. The van der Waals surface area contributed by atoms with Gasteiger partial charge in [-0.1, -0.05) is 12.1 Å². The lowest BCUT2D eigenvalue weighted by Gasteiger charge is -2.06. The number of hydrogen-bond acceptors (Lipinski definition) is 4. The van der Waals surface area contributed by atoms with Crippen molar-refractivity contribution in [1.82, 2.24) is 10.6 Å². The fraction of sp³-hybridized carbons (Fsp3) is 0.429. The molecule has 0 radical (unpaired) electrons. The lowest BCUT2D eigenvalue weighted by Crippen LogP contribution is -2.32. The summed E-state index contributed by atoms with van der Waals surface area (Å²) in [6, 6.07) is 6.53. The van der Waals surface area contributed by atoms with Crippen LogP contribution in [0.1, 0.15) is 12.0 Å². The number of amides is 2. The monoisotopic (exact) mass is 280 g/mol. The average Bonchev–Trinajstić information content (AvgIpc) is 2.39. The minimum Gasteiger partial charge on any atom is -0.508 e. The van der Waals surface area contributed by atoms with Gasteiger partial charge in [0.1, 0.15) is 5.75 Å². The smallest absolute Gasteiger partial charge is 0.224 e. The molecule has 3 N–H and O–H groups in total. The number of nitrogens with one attached hydrogen (secondary N) is 2. The molecule has 0 saturated heterocycles. The SMILES string of the molecule is COCCNC(=O)CCNC(=O)Cc1cccc(O)c1. The molecule has 0 aliphatic heterocycles. The Morgan fingerprint density at radius 1 is 1.20 bits per heavy atom. The van der Waals surface area contributed by atoms with Crippen LogP contribution in [0, 0.1) is 0 Å². The van der Waals surface area contributed by atoms with Gasteiger partial charge in [-0.3, -0.25) is 9.59 Å². The van der Waals surface area contributed by atoms with Gasteiger partial charge in [-0.05, 0) is 17.7 Å². The highest BCUT2D eigenvalue weighted by atomic mass is 16.5. The van der Waals surface area contributed by atoms with E-state index >= 15 is 0 Å². The fourth-order valence-electron chi connectivity index (χ4n) is 1.61. The van der Waals surface area contributed by atoms with Gasteiger partial charge in [0.15, 0.2) is 0 Å². The van der Waals surface area contributed by atoms with Gasteiger partial charge in [-0.25, -0.2) is 0 Å². The quantitative estimate of drug-likeness (QED) is 0.594. The number of aromatic hydroxyl groups is 1. The lowest BCUT2D eigenvalue weighted by atomic mass is 10.1. The summed E-state index contributed by atoms with van der Waals surface area (Å²) in [6.07, 6.45) is 0.412. The third-order valence-electron chi connectivity index (χ3n) is 2.58. The highest BCUT2D eigenvalue weighted by Gasteiger charge is 2.05. The number of benzene rings is 1. The molecule has 1 rings (SSSR count). The molecule has 0 atom stereocenters. The van der Waals surface area contributed by atoms with E-state index in [2.05, 4.69) is 10.6 Å². The van der Waals surface area contributed by atoms with Gasteiger partial charge >= 0.3 is 0 Å². The standard InChI is InChI=1S/C14H20N2O4/c1-20-8-7-16-13(18)5-6-15-14(19)10-11-3-2-4-12(17)9-11/h2-4,9,17H,5-8,10H2,1H3,(H,15,19)(H,16,18). The Morgan fingerprint density at radius 2 is 1.95 bits per heavy atom. The lowest BCUT2D eigenvalue weighted by molar-refractivity contribution is -0.122. The average molecular weight is 280 g/mol. The molecule has 6 nitrogen and oxygen atoms in total. The second-order valence-electron chi connectivity index (χ2n) is 4.29. The number of carbonyl (C=O) groups is 2. The molecule has 0 aliphatic rings. The van der Waals surface area contributed by atoms with E-state index < -0.39 is 0 Å². The number of ether oxygens (including phenoxy) is 1. The normalized spacial score (nSPS) is 10.1. The van der Waals surface area contributed by atoms with Crippen LogP contribution in [0.5, 0.6) is 5.75 Å². The first-order valence-corrected chi connectivity index (χ1v) is 6.42. The Kier molecular flexibility index (Phi) is 7.13. The Balaban J connectivity index is 2.18. The summed E-state index contributed by atoms with van der Waals surface area (Å²) in [5.74, 6) is -0.173. The number of methoxy groups -OCH3 is 1. The molecule has 0 bridgehead atoms. The molecule has 1 aromatic carbocycles. The van der Waals surface area contributed by atoms with Crippen molar-refractivity contribution in [1.29, 1.82) is 0 Å². The summed E-state index contributed by atoms with van der Waals surface area (Å²) in [5, 5.41) is 14.6. The fourth-order valence-corrected chi connectivity index (χ4v) is 1.61. The molecule has 0 unspecified atom stereocenters. The molecule has 110 valence electrons. The van der Waals surface area contributed by atoms with Crippen molar-refractivity contribution in [3.05, 3.63) is 29.8 Å². The summed E-state index contributed by atoms with van der Waals surface area (Å²) < 4.78 is 4.81. The molecule has 0 aromatic heterocycles. The minimum absolute atomic E-state index is 0.125. The zero-order valence-corrected chi connectivity index (χ0v) is 11.5. The van der Waals surface area contributed by atoms with Crippen LogP contribution < -0.4 is 10.6 Å². The maximum Gasteiger partial charge on any atom is 0.224 e. The third kappa shape index (κ3) is 6.75. The van der Waals surface area contributed by atoms with Gasteiger partial charge in [0.25, 0.3) is 0 Å². The highest BCUT2D eigenvalue weighted by Crippen LogP contribution is 2.11. The molecule has 6 heteroatoms. The van der Waals surface area contributed by atoms with Gasteiger partial charge in [-0.15, -0.1) is 0 Å². The molecule has 0 fully saturated rings. The van der Waals surface area contributed by atoms with Crippen molar-refractivity contribution in [2.24, 2.45) is 0 Å². The second kappa shape index (κ2) is 8.92. The molecular formula is C14H20N2O4. The molecule has 1 aromatic rings. The second-order valence-corrected chi connectivity index (χ2v) is 4.29.